The van der Waals surface area contributed by atoms with E-state index >= 15 is 0 Å². The van der Waals surface area contributed by atoms with Gasteiger partial charge >= 0.3 is 6.03 Å². The second kappa shape index (κ2) is 5.90. The van der Waals surface area contributed by atoms with Crippen LogP contribution in [0.15, 0.2) is 0 Å². The summed E-state index contributed by atoms with van der Waals surface area (Å²) in [7, 11) is 0. The van der Waals surface area contributed by atoms with E-state index in [1.54, 1.807) is 4.90 Å². The van der Waals surface area contributed by atoms with Gasteiger partial charge in [-0.15, -0.1) is 0 Å². The minimum absolute atomic E-state index is 0.0330. The van der Waals surface area contributed by atoms with Crippen molar-refractivity contribution < 1.29 is 4.79 Å². The van der Waals surface area contributed by atoms with E-state index in [1.807, 2.05) is 6.92 Å². The molecule has 1 aliphatic carbocycles. The Hall–Kier alpha value is -0.840. The molecule has 0 bridgehead atoms. The van der Waals surface area contributed by atoms with E-state index in [4.69, 9.17) is 18.0 Å². The van der Waals surface area contributed by atoms with Crippen molar-refractivity contribution in [2.75, 3.05) is 13.1 Å². The third-order valence-corrected chi connectivity index (χ3v) is 2.69. The van der Waals surface area contributed by atoms with Crippen LogP contribution in [-0.2, 0) is 0 Å². The average molecular weight is 229 g/mol. The van der Waals surface area contributed by atoms with Crippen LogP contribution in [-0.4, -0.2) is 35.1 Å². The highest BCUT2D eigenvalue weighted by molar-refractivity contribution is 7.80. The lowest BCUT2D eigenvalue weighted by molar-refractivity contribution is 0.193. The molecule has 0 saturated heterocycles. The van der Waals surface area contributed by atoms with Crippen LogP contribution >= 0.6 is 12.2 Å². The van der Waals surface area contributed by atoms with Crippen molar-refractivity contribution >= 4 is 23.2 Å². The van der Waals surface area contributed by atoms with Gasteiger partial charge in [-0.05, 0) is 25.7 Å². The fourth-order valence-corrected chi connectivity index (χ4v) is 1.68. The molecule has 0 unspecified atom stereocenters. The van der Waals surface area contributed by atoms with Gasteiger partial charge in [0.1, 0.15) is 0 Å². The zero-order valence-corrected chi connectivity index (χ0v) is 9.98. The Morgan fingerprint density at radius 3 is 2.67 bits per heavy atom. The standard InChI is InChI=1S/C10H19N3OS/c1-2-6-13(7-9(11)15)10(14)12-8-4-3-5-8/h8H,2-7H2,1H3,(H2,11,15)(H,12,14). The second-order valence-electron chi connectivity index (χ2n) is 3.97. The number of carbonyl (C=O) groups is 1. The summed E-state index contributed by atoms with van der Waals surface area (Å²) in [4.78, 5) is 13.8. The van der Waals surface area contributed by atoms with Crippen LogP contribution in [0, 0.1) is 0 Å². The van der Waals surface area contributed by atoms with Crippen LogP contribution < -0.4 is 11.1 Å². The summed E-state index contributed by atoms with van der Waals surface area (Å²) < 4.78 is 0. The zero-order chi connectivity index (χ0) is 11.3. The van der Waals surface area contributed by atoms with E-state index in [0.717, 1.165) is 19.3 Å². The summed E-state index contributed by atoms with van der Waals surface area (Å²) in [5, 5.41) is 2.98. The lowest BCUT2D eigenvalue weighted by atomic mass is 9.93. The molecule has 1 saturated carbocycles. The fourth-order valence-electron chi connectivity index (χ4n) is 1.53. The topological polar surface area (TPSA) is 58.4 Å². The second-order valence-corrected chi connectivity index (χ2v) is 4.49. The predicted octanol–water partition coefficient (Wildman–Crippen LogP) is 1.25. The quantitative estimate of drug-likeness (QED) is 0.697. The van der Waals surface area contributed by atoms with Gasteiger partial charge in [0.2, 0.25) is 0 Å². The molecule has 0 spiro atoms. The number of hydrogen-bond donors (Lipinski definition) is 2. The Balaban J connectivity index is 2.38. The average Bonchev–Trinajstić information content (AvgIpc) is 2.09. The molecule has 86 valence electrons. The molecule has 1 rings (SSSR count). The third kappa shape index (κ3) is 4.03. The highest BCUT2D eigenvalue weighted by atomic mass is 32.1. The van der Waals surface area contributed by atoms with Gasteiger partial charge in [-0.2, -0.15) is 0 Å². The van der Waals surface area contributed by atoms with Crippen molar-refractivity contribution in [3.8, 4) is 0 Å². The Morgan fingerprint density at radius 2 is 2.27 bits per heavy atom. The van der Waals surface area contributed by atoms with Crippen molar-refractivity contribution in [3.63, 3.8) is 0 Å². The zero-order valence-electron chi connectivity index (χ0n) is 9.16. The smallest absolute Gasteiger partial charge is 0.317 e. The predicted molar refractivity (Wildman–Crippen MR) is 64.8 cm³/mol. The molecule has 1 fully saturated rings. The molecule has 4 nitrogen and oxygen atoms in total. The lowest BCUT2D eigenvalue weighted by Gasteiger charge is -2.30. The van der Waals surface area contributed by atoms with Crippen molar-refractivity contribution in [3.05, 3.63) is 0 Å². The lowest BCUT2D eigenvalue weighted by Crippen LogP contribution is -2.49. The SMILES string of the molecule is CCCN(CC(N)=S)C(=O)NC1CCC1. The molecule has 0 heterocycles. The van der Waals surface area contributed by atoms with Crippen molar-refractivity contribution in [2.45, 2.75) is 38.6 Å². The third-order valence-electron chi connectivity index (χ3n) is 2.56. The molecule has 0 aromatic heterocycles. The van der Waals surface area contributed by atoms with Crippen LogP contribution in [0.4, 0.5) is 4.79 Å². The Morgan fingerprint density at radius 1 is 1.60 bits per heavy atom. The molecular weight excluding hydrogens is 210 g/mol. The minimum Gasteiger partial charge on any atom is -0.392 e. The van der Waals surface area contributed by atoms with E-state index in [0.29, 0.717) is 24.1 Å². The first-order valence-electron chi connectivity index (χ1n) is 5.47. The van der Waals surface area contributed by atoms with Gasteiger partial charge in [-0.3, -0.25) is 0 Å². The van der Waals surface area contributed by atoms with E-state index in [-0.39, 0.29) is 6.03 Å². The summed E-state index contributed by atoms with van der Waals surface area (Å²) in [6.07, 6.45) is 4.33. The van der Waals surface area contributed by atoms with Crippen molar-refractivity contribution in [1.29, 1.82) is 0 Å². The summed E-state index contributed by atoms with van der Waals surface area (Å²) in [6, 6.07) is 0.331. The summed E-state index contributed by atoms with van der Waals surface area (Å²) in [5.74, 6) is 0. The molecule has 15 heavy (non-hydrogen) atoms. The van der Waals surface area contributed by atoms with Crippen LogP contribution in [0.1, 0.15) is 32.6 Å². The maximum Gasteiger partial charge on any atom is 0.317 e. The normalized spacial score (nSPS) is 15.5. The molecule has 1 aliphatic rings. The van der Waals surface area contributed by atoms with Crippen LogP contribution in [0.3, 0.4) is 0 Å². The first-order chi connectivity index (χ1) is 7.13. The number of nitrogens with zero attached hydrogens (tertiary/aromatic N) is 1. The Kier molecular flexibility index (Phi) is 4.81. The number of amides is 2. The van der Waals surface area contributed by atoms with Gasteiger partial charge in [-0.25, -0.2) is 4.79 Å². The molecule has 3 N–H and O–H groups in total. The number of rotatable bonds is 5. The summed E-state index contributed by atoms with van der Waals surface area (Å²) >= 11 is 4.82. The maximum absolute atomic E-state index is 11.8. The van der Waals surface area contributed by atoms with Crippen LogP contribution in [0.25, 0.3) is 0 Å². The van der Waals surface area contributed by atoms with Gasteiger partial charge in [-0.1, -0.05) is 19.1 Å². The Bertz CT molecular complexity index is 241. The largest absolute Gasteiger partial charge is 0.392 e. The van der Waals surface area contributed by atoms with Gasteiger partial charge in [0.05, 0.1) is 11.5 Å². The monoisotopic (exact) mass is 229 g/mol. The number of hydrogen-bond acceptors (Lipinski definition) is 2. The molecule has 0 aromatic rings. The van der Waals surface area contributed by atoms with E-state index < -0.39 is 0 Å². The van der Waals surface area contributed by atoms with Crippen molar-refractivity contribution in [2.24, 2.45) is 5.73 Å². The summed E-state index contributed by atoms with van der Waals surface area (Å²) in [6.45, 7) is 3.11. The molecule has 0 aliphatic heterocycles. The van der Waals surface area contributed by atoms with Crippen molar-refractivity contribution in [1.82, 2.24) is 10.2 Å². The first kappa shape index (κ1) is 12.2. The van der Waals surface area contributed by atoms with E-state index in [2.05, 4.69) is 5.32 Å². The number of urea groups is 1. The van der Waals surface area contributed by atoms with Gasteiger partial charge in [0, 0.05) is 12.6 Å². The number of thiocarbonyl (C=S) groups is 1. The van der Waals surface area contributed by atoms with E-state index in [9.17, 15) is 4.79 Å². The van der Waals surface area contributed by atoms with Gasteiger partial charge in [0.15, 0.2) is 0 Å². The molecule has 0 aromatic carbocycles. The molecule has 2 amide bonds. The summed E-state index contributed by atoms with van der Waals surface area (Å²) in [5.41, 5.74) is 5.45. The fraction of sp³-hybridized carbons (Fsp3) is 0.800. The highest BCUT2D eigenvalue weighted by Crippen LogP contribution is 2.18. The van der Waals surface area contributed by atoms with Crippen LogP contribution in [0.5, 0.6) is 0 Å². The van der Waals surface area contributed by atoms with E-state index in [1.165, 1.54) is 6.42 Å². The first-order valence-corrected chi connectivity index (χ1v) is 5.88. The maximum atomic E-state index is 11.8. The highest BCUT2D eigenvalue weighted by Gasteiger charge is 2.22. The molecule has 5 heteroatoms. The molecule has 0 atom stereocenters. The minimum atomic E-state index is -0.0330. The molecule has 0 radical (unpaired) electrons. The number of carbonyl (C=O) groups excluding carboxylic acids is 1. The van der Waals surface area contributed by atoms with Gasteiger partial charge in [0.25, 0.3) is 0 Å². The Labute approximate surface area is 96.2 Å². The number of nitrogens with one attached hydrogen (secondary N) is 1. The van der Waals surface area contributed by atoms with Gasteiger partial charge < -0.3 is 16.0 Å². The van der Waals surface area contributed by atoms with Crippen LogP contribution in [0.2, 0.25) is 0 Å². The molecular formula is C10H19N3OS. The number of nitrogens with two attached hydrogens (primary N) is 1.